The highest BCUT2D eigenvalue weighted by atomic mass is 19.1. The summed E-state index contributed by atoms with van der Waals surface area (Å²) in [5.74, 6) is -0.357. The van der Waals surface area contributed by atoms with Crippen LogP contribution >= 0.6 is 0 Å². The number of nitrogen functional groups attached to an aromatic ring is 1. The second-order valence-electron chi connectivity index (χ2n) is 6.45. The number of nitrogens with one attached hydrogen (secondary N) is 1. The zero-order valence-corrected chi connectivity index (χ0v) is 14.1. The standard InChI is InChI=1S/C20H23FN2O2/c21-17-6-3-5-16(14-17)20(10-12-25-13-11-20)23-19(24)9-8-15-4-1-2-7-18(15)22/h1-7,14H,8-13,22H2,(H,23,24). The fourth-order valence-corrected chi connectivity index (χ4v) is 3.33. The van der Waals surface area contributed by atoms with E-state index in [9.17, 15) is 9.18 Å². The van der Waals surface area contributed by atoms with Gasteiger partial charge in [-0.15, -0.1) is 0 Å². The molecule has 3 rings (SSSR count). The third-order valence-electron chi connectivity index (χ3n) is 4.78. The molecule has 132 valence electrons. The molecule has 3 N–H and O–H groups in total. The predicted molar refractivity (Wildman–Crippen MR) is 95.4 cm³/mol. The number of para-hydroxylation sites is 1. The fraction of sp³-hybridized carbons (Fsp3) is 0.350. The highest BCUT2D eigenvalue weighted by Crippen LogP contribution is 2.32. The topological polar surface area (TPSA) is 64.4 Å². The molecule has 1 aliphatic heterocycles. The van der Waals surface area contributed by atoms with E-state index in [1.807, 2.05) is 30.3 Å². The van der Waals surface area contributed by atoms with Crippen molar-refractivity contribution in [3.8, 4) is 0 Å². The number of carbonyl (C=O) groups is 1. The van der Waals surface area contributed by atoms with Gasteiger partial charge in [-0.3, -0.25) is 4.79 Å². The summed E-state index contributed by atoms with van der Waals surface area (Å²) < 4.78 is 19.1. The maximum Gasteiger partial charge on any atom is 0.221 e. The summed E-state index contributed by atoms with van der Waals surface area (Å²) >= 11 is 0. The molecule has 0 aliphatic carbocycles. The molecule has 0 atom stereocenters. The minimum Gasteiger partial charge on any atom is -0.399 e. The largest absolute Gasteiger partial charge is 0.399 e. The normalized spacial score (nSPS) is 16.4. The van der Waals surface area contributed by atoms with Crippen LogP contribution in [0.25, 0.3) is 0 Å². The Morgan fingerprint density at radius 3 is 2.64 bits per heavy atom. The number of benzene rings is 2. The summed E-state index contributed by atoms with van der Waals surface area (Å²) in [6.07, 6.45) is 2.19. The van der Waals surface area contributed by atoms with Crippen LogP contribution in [0, 0.1) is 5.82 Å². The van der Waals surface area contributed by atoms with Gasteiger partial charge in [0, 0.05) is 25.3 Å². The molecule has 0 radical (unpaired) electrons. The van der Waals surface area contributed by atoms with Crippen molar-refractivity contribution in [1.82, 2.24) is 5.32 Å². The first kappa shape index (κ1) is 17.4. The van der Waals surface area contributed by atoms with Crippen LogP contribution in [0.4, 0.5) is 10.1 Å². The van der Waals surface area contributed by atoms with Crippen molar-refractivity contribution in [1.29, 1.82) is 0 Å². The van der Waals surface area contributed by atoms with Gasteiger partial charge in [-0.2, -0.15) is 0 Å². The second kappa shape index (κ2) is 7.66. The number of rotatable bonds is 5. The van der Waals surface area contributed by atoms with Gasteiger partial charge in [0.25, 0.3) is 0 Å². The summed E-state index contributed by atoms with van der Waals surface area (Å²) in [7, 11) is 0. The molecule has 1 saturated heterocycles. The van der Waals surface area contributed by atoms with Crippen LogP contribution < -0.4 is 11.1 Å². The third-order valence-corrected chi connectivity index (χ3v) is 4.78. The van der Waals surface area contributed by atoms with Crippen LogP contribution in [0.3, 0.4) is 0 Å². The van der Waals surface area contributed by atoms with Crippen LogP contribution in [-0.2, 0) is 21.5 Å². The van der Waals surface area contributed by atoms with Gasteiger partial charge < -0.3 is 15.8 Å². The van der Waals surface area contributed by atoms with E-state index in [1.54, 1.807) is 6.07 Å². The number of aryl methyl sites for hydroxylation is 1. The number of anilines is 1. The van der Waals surface area contributed by atoms with Crippen LogP contribution in [0.5, 0.6) is 0 Å². The lowest BCUT2D eigenvalue weighted by atomic mass is 9.82. The highest BCUT2D eigenvalue weighted by Gasteiger charge is 2.36. The average Bonchev–Trinajstić information content (AvgIpc) is 2.62. The first-order valence-corrected chi connectivity index (χ1v) is 8.57. The molecule has 1 heterocycles. The van der Waals surface area contributed by atoms with Crippen molar-refractivity contribution in [2.24, 2.45) is 0 Å². The van der Waals surface area contributed by atoms with E-state index in [1.165, 1.54) is 12.1 Å². The smallest absolute Gasteiger partial charge is 0.221 e. The Kier molecular flexibility index (Phi) is 5.34. The Bertz CT molecular complexity index is 742. The fourth-order valence-electron chi connectivity index (χ4n) is 3.33. The lowest BCUT2D eigenvalue weighted by Crippen LogP contribution is -2.49. The first-order chi connectivity index (χ1) is 12.1. The minimum atomic E-state index is -0.570. The lowest BCUT2D eigenvalue weighted by molar-refractivity contribution is -0.124. The second-order valence-corrected chi connectivity index (χ2v) is 6.45. The number of carbonyl (C=O) groups excluding carboxylic acids is 1. The van der Waals surface area contributed by atoms with Gasteiger partial charge in [0.2, 0.25) is 5.91 Å². The number of hydrogen-bond acceptors (Lipinski definition) is 3. The molecule has 0 bridgehead atoms. The van der Waals surface area contributed by atoms with Crippen molar-refractivity contribution in [3.63, 3.8) is 0 Å². The van der Waals surface area contributed by atoms with Crippen LogP contribution in [0.1, 0.15) is 30.4 Å². The number of ether oxygens (including phenoxy) is 1. The molecule has 1 fully saturated rings. The van der Waals surface area contributed by atoms with Gasteiger partial charge in [0.05, 0.1) is 5.54 Å². The molecule has 0 saturated carbocycles. The van der Waals surface area contributed by atoms with Gasteiger partial charge >= 0.3 is 0 Å². The van der Waals surface area contributed by atoms with E-state index in [4.69, 9.17) is 10.5 Å². The molecule has 0 spiro atoms. The van der Waals surface area contributed by atoms with Gasteiger partial charge in [0.15, 0.2) is 0 Å². The van der Waals surface area contributed by atoms with Crippen molar-refractivity contribution in [3.05, 3.63) is 65.5 Å². The highest BCUT2D eigenvalue weighted by molar-refractivity contribution is 5.77. The average molecular weight is 342 g/mol. The van der Waals surface area contributed by atoms with Crippen molar-refractivity contribution in [2.75, 3.05) is 18.9 Å². The van der Waals surface area contributed by atoms with Crippen molar-refractivity contribution < 1.29 is 13.9 Å². The Morgan fingerprint density at radius 2 is 1.92 bits per heavy atom. The van der Waals surface area contributed by atoms with Crippen molar-refractivity contribution >= 4 is 11.6 Å². The van der Waals surface area contributed by atoms with E-state index in [0.717, 1.165) is 11.1 Å². The molecule has 25 heavy (non-hydrogen) atoms. The number of amides is 1. The van der Waals surface area contributed by atoms with Gasteiger partial charge in [-0.25, -0.2) is 4.39 Å². The SMILES string of the molecule is Nc1ccccc1CCC(=O)NC1(c2cccc(F)c2)CCOCC1. The lowest BCUT2D eigenvalue weighted by Gasteiger charge is -2.38. The maximum absolute atomic E-state index is 13.7. The Morgan fingerprint density at radius 1 is 1.16 bits per heavy atom. The molecule has 5 heteroatoms. The Labute approximate surface area is 147 Å². The van der Waals surface area contributed by atoms with Gasteiger partial charge in [0.1, 0.15) is 5.82 Å². The number of halogens is 1. The third kappa shape index (κ3) is 4.17. The summed E-state index contributed by atoms with van der Waals surface area (Å²) in [6.45, 7) is 1.09. The summed E-state index contributed by atoms with van der Waals surface area (Å²) in [4.78, 5) is 12.6. The van der Waals surface area contributed by atoms with E-state index in [0.29, 0.717) is 44.6 Å². The van der Waals surface area contributed by atoms with Crippen LogP contribution in [0.15, 0.2) is 48.5 Å². The zero-order valence-electron chi connectivity index (χ0n) is 14.1. The summed E-state index contributed by atoms with van der Waals surface area (Å²) in [6, 6.07) is 14.0. The molecule has 2 aromatic carbocycles. The molecule has 4 nitrogen and oxygen atoms in total. The van der Waals surface area contributed by atoms with E-state index >= 15 is 0 Å². The Balaban J connectivity index is 1.72. The van der Waals surface area contributed by atoms with E-state index in [-0.39, 0.29) is 11.7 Å². The molecule has 2 aromatic rings. The molecule has 1 aliphatic rings. The van der Waals surface area contributed by atoms with Gasteiger partial charge in [-0.05, 0) is 48.6 Å². The summed E-state index contributed by atoms with van der Waals surface area (Å²) in [5.41, 5.74) is 7.82. The van der Waals surface area contributed by atoms with Crippen LogP contribution in [-0.4, -0.2) is 19.1 Å². The van der Waals surface area contributed by atoms with Crippen LogP contribution in [0.2, 0.25) is 0 Å². The van der Waals surface area contributed by atoms with E-state index < -0.39 is 5.54 Å². The molecular formula is C20H23FN2O2. The molecular weight excluding hydrogens is 319 g/mol. The predicted octanol–water partition coefficient (Wildman–Crippen LogP) is 3.16. The number of hydrogen-bond donors (Lipinski definition) is 2. The van der Waals surface area contributed by atoms with Gasteiger partial charge in [-0.1, -0.05) is 30.3 Å². The monoisotopic (exact) mass is 342 g/mol. The zero-order chi connectivity index (χ0) is 17.7. The van der Waals surface area contributed by atoms with E-state index in [2.05, 4.69) is 5.32 Å². The van der Waals surface area contributed by atoms with Crippen molar-refractivity contribution in [2.45, 2.75) is 31.2 Å². The first-order valence-electron chi connectivity index (χ1n) is 8.57. The molecule has 0 aromatic heterocycles. The number of nitrogens with two attached hydrogens (primary N) is 1. The minimum absolute atomic E-state index is 0.0607. The quantitative estimate of drug-likeness (QED) is 0.821. The molecule has 0 unspecified atom stereocenters. The summed E-state index contributed by atoms with van der Waals surface area (Å²) in [5, 5.41) is 3.14. The molecule has 1 amide bonds. The maximum atomic E-state index is 13.7. The Hall–Kier alpha value is -2.40.